The molecule has 3 atom stereocenters. The average molecular weight is 231 g/mol. The fourth-order valence-electron chi connectivity index (χ4n) is 1.13. The van der Waals surface area contributed by atoms with Crippen LogP contribution in [0.5, 0.6) is 0 Å². The molecule has 0 amide bonds. The van der Waals surface area contributed by atoms with Crippen molar-refractivity contribution >= 4 is 11.1 Å². The molecule has 0 spiro atoms. The summed E-state index contributed by atoms with van der Waals surface area (Å²) in [6.45, 7) is -0.325. The third-order valence-corrected chi connectivity index (χ3v) is 2.72. The Bertz CT molecular complexity index is 340. The molecule has 0 radical (unpaired) electrons. The minimum Gasteiger partial charge on any atom is -0.395 e. The molecule has 0 bridgehead atoms. The topological polar surface area (TPSA) is 104 Å². The van der Waals surface area contributed by atoms with Crippen LogP contribution in [0.2, 0.25) is 0 Å². The van der Waals surface area contributed by atoms with Gasteiger partial charge in [0.25, 0.3) is 0 Å². The van der Waals surface area contributed by atoms with Crippen molar-refractivity contribution < 1.29 is 19.0 Å². The predicted molar refractivity (Wildman–Crippen MR) is 55.5 cm³/mol. The van der Waals surface area contributed by atoms with E-state index in [0.29, 0.717) is 5.56 Å². The summed E-state index contributed by atoms with van der Waals surface area (Å²) in [4.78, 5) is 0.253. The van der Waals surface area contributed by atoms with Crippen molar-refractivity contribution in [2.75, 3.05) is 6.61 Å². The minimum atomic E-state index is -2.03. The van der Waals surface area contributed by atoms with E-state index < -0.39 is 23.2 Å². The molecular weight excluding hydrogens is 218 g/mol. The Hall–Kier alpha value is -0.790. The Morgan fingerprint density at radius 3 is 2.27 bits per heavy atom. The molecule has 0 aliphatic rings. The van der Waals surface area contributed by atoms with E-state index in [4.69, 9.17) is 15.4 Å². The van der Waals surface area contributed by atoms with Crippen LogP contribution in [0.15, 0.2) is 29.2 Å². The van der Waals surface area contributed by atoms with Crippen LogP contribution >= 0.6 is 0 Å². The van der Waals surface area contributed by atoms with E-state index >= 15 is 0 Å². The molecule has 1 unspecified atom stereocenters. The summed E-state index contributed by atoms with van der Waals surface area (Å²) >= 11 is -2.03. The van der Waals surface area contributed by atoms with E-state index in [1.54, 1.807) is 0 Å². The Labute approximate surface area is 89.8 Å². The third kappa shape index (κ3) is 3.08. The number of aliphatic hydroxyl groups excluding tert-OH is 2. The van der Waals surface area contributed by atoms with Crippen molar-refractivity contribution in [3.63, 3.8) is 0 Å². The quantitative estimate of drug-likeness (QED) is 0.529. The van der Waals surface area contributed by atoms with Crippen LogP contribution in [0.4, 0.5) is 0 Å². The highest BCUT2D eigenvalue weighted by Gasteiger charge is 2.15. The van der Waals surface area contributed by atoms with Crippen LogP contribution in [-0.4, -0.2) is 31.6 Å². The molecule has 0 saturated heterocycles. The first-order chi connectivity index (χ1) is 7.06. The first-order valence-electron chi connectivity index (χ1n) is 4.31. The lowest BCUT2D eigenvalue weighted by Crippen LogP contribution is -2.31. The molecule has 0 heterocycles. The summed E-state index contributed by atoms with van der Waals surface area (Å²) < 4.78 is 19.4. The number of aliphatic hydroxyl groups is 2. The second-order valence-corrected chi connectivity index (χ2v) is 4.08. The van der Waals surface area contributed by atoms with Gasteiger partial charge >= 0.3 is 0 Å². The van der Waals surface area contributed by atoms with Gasteiger partial charge in [0.2, 0.25) is 0 Å². The van der Waals surface area contributed by atoms with Crippen molar-refractivity contribution in [3.05, 3.63) is 29.8 Å². The van der Waals surface area contributed by atoms with Gasteiger partial charge in [-0.1, -0.05) is 12.1 Å². The van der Waals surface area contributed by atoms with Crippen molar-refractivity contribution in [3.8, 4) is 0 Å². The van der Waals surface area contributed by atoms with Gasteiger partial charge in [-0.3, -0.25) is 0 Å². The standard InChI is InChI=1S/C9H13NO4S/c10-8(5-11)9(12)6-1-3-7(4-2-6)15(13)14/h1-4,8-9,11-12H,5,10H2,(H,13,14)/t8-,9-/m1/s1. The summed E-state index contributed by atoms with van der Waals surface area (Å²) in [5, 5.41) is 18.3. The van der Waals surface area contributed by atoms with E-state index in [9.17, 15) is 9.32 Å². The van der Waals surface area contributed by atoms with Gasteiger partial charge in [-0.2, -0.15) is 0 Å². The van der Waals surface area contributed by atoms with Gasteiger partial charge in [0.15, 0.2) is 11.1 Å². The molecule has 0 aromatic heterocycles. The van der Waals surface area contributed by atoms with E-state index in [1.165, 1.54) is 24.3 Å². The zero-order valence-corrected chi connectivity index (χ0v) is 8.72. The van der Waals surface area contributed by atoms with Crippen LogP contribution < -0.4 is 5.73 Å². The first-order valence-corrected chi connectivity index (χ1v) is 5.42. The third-order valence-electron chi connectivity index (χ3n) is 2.04. The van der Waals surface area contributed by atoms with Crippen LogP contribution in [0, 0.1) is 0 Å². The van der Waals surface area contributed by atoms with Crippen LogP contribution in [0.3, 0.4) is 0 Å². The molecule has 84 valence electrons. The number of nitrogens with two attached hydrogens (primary N) is 1. The second-order valence-electron chi connectivity index (χ2n) is 3.11. The number of hydrogen-bond acceptors (Lipinski definition) is 4. The smallest absolute Gasteiger partial charge is 0.186 e. The van der Waals surface area contributed by atoms with Crippen LogP contribution in [0.1, 0.15) is 11.7 Å². The normalized spacial score (nSPS) is 17.1. The molecule has 1 rings (SSSR count). The number of benzene rings is 1. The van der Waals surface area contributed by atoms with Gasteiger partial charge in [-0.05, 0) is 17.7 Å². The lowest BCUT2D eigenvalue weighted by Gasteiger charge is -2.16. The molecular formula is C9H13NO4S. The molecule has 5 N–H and O–H groups in total. The fourth-order valence-corrected chi connectivity index (χ4v) is 1.50. The molecule has 1 aromatic carbocycles. The van der Waals surface area contributed by atoms with Gasteiger partial charge in [0, 0.05) is 0 Å². The van der Waals surface area contributed by atoms with E-state index in [2.05, 4.69) is 0 Å². The maximum atomic E-state index is 10.7. The first kappa shape index (κ1) is 12.3. The van der Waals surface area contributed by atoms with Crippen LogP contribution in [-0.2, 0) is 11.1 Å². The van der Waals surface area contributed by atoms with Gasteiger partial charge in [0.05, 0.1) is 23.6 Å². The van der Waals surface area contributed by atoms with E-state index in [1.807, 2.05) is 0 Å². The molecule has 0 aliphatic carbocycles. The zero-order valence-electron chi connectivity index (χ0n) is 7.91. The Balaban J connectivity index is 2.84. The van der Waals surface area contributed by atoms with Gasteiger partial charge in [-0.15, -0.1) is 0 Å². The van der Waals surface area contributed by atoms with E-state index in [0.717, 1.165) is 0 Å². The zero-order chi connectivity index (χ0) is 11.4. The highest BCUT2D eigenvalue weighted by molar-refractivity contribution is 7.79. The molecule has 6 heteroatoms. The highest BCUT2D eigenvalue weighted by Crippen LogP contribution is 2.17. The fraction of sp³-hybridized carbons (Fsp3) is 0.333. The predicted octanol–water partition coefficient (Wildman–Crippen LogP) is -0.380. The molecule has 15 heavy (non-hydrogen) atoms. The maximum Gasteiger partial charge on any atom is 0.186 e. The Morgan fingerprint density at radius 2 is 1.87 bits per heavy atom. The Kier molecular flexibility index (Phi) is 4.37. The monoisotopic (exact) mass is 231 g/mol. The summed E-state index contributed by atoms with van der Waals surface area (Å²) in [7, 11) is 0. The summed E-state index contributed by atoms with van der Waals surface area (Å²) in [5.41, 5.74) is 5.94. The Morgan fingerprint density at radius 1 is 1.33 bits per heavy atom. The SMILES string of the molecule is N[C@H](CO)[C@H](O)c1ccc(S(=O)O)cc1. The lowest BCUT2D eigenvalue weighted by molar-refractivity contribution is 0.109. The summed E-state index contributed by atoms with van der Waals surface area (Å²) in [6.07, 6.45) is -0.976. The highest BCUT2D eigenvalue weighted by atomic mass is 32.2. The minimum absolute atomic E-state index is 0.253. The van der Waals surface area contributed by atoms with E-state index in [-0.39, 0.29) is 11.5 Å². The molecule has 0 fully saturated rings. The van der Waals surface area contributed by atoms with Crippen molar-refractivity contribution in [1.82, 2.24) is 0 Å². The number of hydrogen-bond donors (Lipinski definition) is 4. The van der Waals surface area contributed by atoms with Crippen molar-refractivity contribution in [2.24, 2.45) is 5.73 Å². The van der Waals surface area contributed by atoms with Crippen molar-refractivity contribution in [2.45, 2.75) is 17.0 Å². The number of rotatable bonds is 4. The maximum absolute atomic E-state index is 10.7. The van der Waals surface area contributed by atoms with Gasteiger partial charge < -0.3 is 20.5 Å². The molecule has 5 nitrogen and oxygen atoms in total. The summed E-state index contributed by atoms with van der Waals surface area (Å²) in [5.74, 6) is 0. The van der Waals surface area contributed by atoms with Crippen molar-refractivity contribution in [1.29, 1.82) is 0 Å². The largest absolute Gasteiger partial charge is 0.395 e. The van der Waals surface area contributed by atoms with Gasteiger partial charge in [-0.25, -0.2) is 4.21 Å². The molecule has 0 saturated carbocycles. The summed E-state index contributed by atoms with van der Waals surface area (Å²) in [6, 6.07) is 5.11. The molecule has 0 aliphatic heterocycles. The molecule has 1 aromatic rings. The average Bonchev–Trinajstić information content (AvgIpc) is 2.27. The second kappa shape index (κ2) is 5.34. The lowest BCUT2D eigenvalue weighted by atomic mass is 10.0. The van der Waals surface area contributed by atoms with Crippen LogP contribution in [0.25, 0.3) is 0 Å². The van der Waals surface area contributed by atoms with Gasteiger partial charge in [0.1, 0.15) is 0 Å².